The standard InChI is InChI=1S/C23H30N4O2/c1-27-12-5-4-9-18(27)15-24-22(28)17-8-6-7-16(13-17)14-21-19-10-2-3-11-20(19)23(29)26-25-21/h6-8,13,18H,2-5,9-12,14-15H2,1H3,(H,24,28)(H,26,29). The molecule has 6 heteroatoms. The van der Waals surface area contributed by atoms with Crippen LogP contribution in [0.4, 0.5) is 0 Å². The van der Waals surface area contributed by atoms with Crippen molar-refractivity contribution in [2.24, 2.45) is 0 Å². The molecule has 1 saturated heterocycles. The van der Waals surface area contributed by atoms with Crippen LogP contribution >= 0.6 is 0 Å². The number of H-pyrrole nitrogens is 1. The Bertz CT molecular complexity index is 937. The molecule has 1 atom stereocenters. The van der Waals surface area contributed by atoms with Crippen molar-refractivity contribution in [3.05, 3.63) is 62.6 Å². The van der Waals surface area contributed by atoms with Crippen molar-refractivity contribution in [2.45, 2.75) is 57.4 Å². The molecule has 1 aromatic heterocycles. The Morgan fingerprint density at radius 3 is 2.86 bits per heavy atom. The number of benzene rings is 1. The lowest BCUT2D eigenvalue weighted by Crippen LogP contribution is -2.44. The average molecular weight is 395 g/mol. The summed E-state index contributed by atoms with van der Waals surface area (Å²) in [6.45, 7) is 1.79. The van der Waals surface area contributed by atoms with E-state index in [1.54, 1.807) is 0 Å². The molecule has 0 spiro atoms. The molecule has 2 heterocycles. The highest BCUT2D eigenvalue weighted by Crippen LogP contribution is 2.22. The molecule has 4 rings (SSSR count). The summed E-state index contributed by atoms with van der Waals surface area (Å²) in [5.74, 6) is -0.0257. The lowest BCUT2D eigenvalue weighted by atomic mass is 9.90. The van der Waals surface area contributed by atoms with Gasteiger partial charge < -0.3 is 10.2 Å². The predicted octanol–water partition coefficient (Wildman–Crippen LogP) is 2.45. The van der Waals surface area contributed by atoms with E-state index in [0.717, 1.165) is 61.0 Å². The van der Waals surface area contributed by atoms with Crippen LogP contribution in [0.2, 0.25) is 0 Å². The molecular weight excluding hydrogens is 364 g/mol. The van der Waals surface area contributed by atoms with Crippen molar-refractivity contribution in [1.29, 1.82) is 0 Å². The quantitative estimate of drug-likeness (QED) is 0.817. The summed E-state index contributed by atoms with van der Waals surface area (Å²) in [6, 6.07) is 8.18. The molecule has 1 fully saturated rings. The first-order valence-corrected chi connectivity index (χ1v) is 10.8. The molecule has 1 aliphatic heterocycles. The van der Waals surface area contributed by atoms with Crippen LogP contribution in [0, 0.1) is 0 Å². The normalized spacial score (nSPS) is 19.6. The molecule has 0 bridgehead atoms. The molecule has 29 heavy (non-hydrogen) atoms. The highest BCUT2D eigenvalue weighted by atomic mass is 16.1. The summed E-state index contributed by atoms with van der Waals surface area (Å²) >= 11 is 0. The first-order valence-electron chi connectivity index (χ1n) is 10.8. The van der Waals surface area contributed by atoms with E-state index in [0.29, 0.717) is 24.6 Å². The number of rotatable bonds is 5. The van der Waals surface area contributed by atoms with E-state index in [1.807, 2.05) is 24.3 Å². The van der Waals surface area contributed by atoms with Crippen LogP contribution in [-0.2, 0) is 19.3 Å². The highest BCUT2D eigenvalue weighted by Gasteiger charge is 2.20. The second-order valence-electron chi connectivity index (χ2n) is 8.38. The van der Waals surface area contributed by atoms with E-state index >= 15 is 0 Å². The van der Waals surface area contributed by atoms with Gasteiger partial charge in [0, 0.05) is 30.1 Å². The number of hydrogen-bond acceptors (Lipinski definition) is 4. The largest absolute Gasteiger partial charge is 0.350 e. The number of aromatic amines is 1. The fourth-order valence-corrected chi connectivity index (χ4v) is 4.60. The van der Waals surface area contributed by atoms with Gasteiger partial charge in [0.2, 0.25) is 0 Å². The van der Waals surface area contributed by atoms with Crippen molar-refractivity contribution < 1.29 is 4.79 Å². The van der Waals surface area contributed by atoms with Gasteiger partial charge in [0.15, 0.2) is 0 Å². The number of carbonyl (C=O) groups is 1. The van der Waals surface area contributed by atoms with Gasteiger partial charge in [-0.3, -0.25) is 9.59 Å². The number of piperidine rings is 1. The van der Waals surface area contributed by atoms with Crippen LogP contribution in [0.3, 0.4) is 0 Å². The van der Waals surface area contributed by atoms with Crippen molar-refractivity contribution in [2.75, 3.05) is 20.1 Å². The maximum absolute atomic E-state index is 12.7. The Hall–Kier alpha value is -2.47. The third kappa shape index (κ3) is 4.58. The summed E-state index contributed by atoms with van der Waals surface area (Å²) in [6.07, 6.45) is 8.15. The zero-order chi connectivity index (χ0) is 20.2. The Morgan fingerprint density at radius 1 is 1.21 bits per heavy atom. The van der Waals surface area contributed by atoms with E-state index in [4.69, 9.17) is 0 Å². The first kappa shape index (κ1) is 19.8. The third-order valence-corrected chi connectivity index (χ3v) is 6.36. The van der Waals surface area contributed by atoms with Crippen molar-refractivity contribution >= 4 is 5.91 Å². The Morgan fingerprint density at radius 2 is 2.03 bits per heavy atom. The number of likely N-dealkylation sites (tertiary alicyclic amines) is 1. The van der Waals surface area contributed by atoms with Crippen molar-refractivity contribution in [3.63, 3.8) is 0 Å². The number of carbonyl (C=O) groups excluding carboxylic acids is 1. The Kier molecular flexibility index (Phi) is 6.09. The number of hydrogen-bond donors (Lipinski definition) is 2. The van der Waals surface area contributed by atoms with Gasteiger partial charge in [-0.15, -0.1) is 0 Å². The van der Waals surface area contributed by atoms with E-state index in [2.05, 4.69) is 27.5 Å². The van der Waals surface area contributed by atoms with Gasteiger partial charge in [-0.25, -0.2) is 5.10 Å². The molecular formula is C23H30N4O2. The monoisotopic (exact) mass is 394 g/mol. The molecule has 0 radical (unpaired) electrons. The molecule has 6 nitrogen and oxygen atoms in total. The number of nitrogens with one attached hydrogen (secondary N) is 2. The lowest BCUT2D eigenvalue weighted by molar-refractivity contribution is 0.0928. The minimum Gasteiger partial charge on any atom is -0.350 e. The van der Waals surface area contributed by atoms with Crippen molar-refractivity contribution in [3.8, 4) is 0 Å². The minimum absolute atomic E-state index is 0.0257. The molecule has 2 aromatic rings. The first-order chi connectivity index (χ1) is 14.1. The van der Waals surface area contributed by atoms with Gasteiger partial charge in [-0.2, -0.15) is 5.10 Å². The predicted molar refractivity (Wildman–Crippen MR) is 113 cm³/mol. The summed E-state index contributed by atoms with van der Waals surface area (Å²) in [7, 11) is 2.13. The van der Waals surface area contributed by atoms with Gasteiger partial charge >= 0.3 is 0 Å². The number of nitrogens with zero attached hydrogens (tertiary/aromatic N) is 2. The zero-order valence-electron chi connectivity index (χ0n) is 17.2. The van der Waals surface area contributed by atoms with Gasteiger partial charge in [0.05, 0.1) is 5.69 Å². The maximum Gasteiger partial charge on any atom is 0.267 e. The van der Waals surface area contributed by atoms with E-state index < -0.39 is 0 Å². The Labute approximate surface area is 171 Å². The molecule has 154 valence electrons. The minimum atomic E-state index is -0.0516. The van der Waals surface area contributed by atoms with Crippen molar-refractivity contribution in [1.82, 2.24) is 20.4 Å². The molecule has 1 aliphatic carbocycles. The molecule has 0 saturated carbocycles. The topological polar surface area (TPSA) is 78.1 Å². The zero-order valence-corrected chi connectivity index (χ0v) is 17.2. The van der Waals surface area contributed by atoms with Crippen LogP contribution in [-0.4, -0.2) is 47.2 Å². The van der Waals surface area contributed by atoms with Gasteiger partial charge in [-0.1, -0.05) is 18.6 Å². The molecule has 1 unspecified atom stereocenters. The van der Waals surface area contributed by atoms with Crippen LogP contribution in [0.25, 0.3) is 0 Å². The fourth-order valence-electron chi connectivity index (χ4n) is 4.60. The number of aromatic nitrogens is 2. The van der Waals surface area contributed by atoms with Gasteiger partial charge in [0.25, 0.3) is 11.5 Å². The average Bonchev–Trinajstić information content (AvgIpc) is 2.75. The van der Waals surface area contributed by atoms with E-state index in [1.165, 1.54) is 12.8 Å². The van der Waals surface area contributed by atoms with E-state index in [9.17, 15) is 9.59 Å². The SMILES string of the molecule is CN1CCCCC1CNC(=O)c1cccc(Cc2n[nH]c(=O)c3c2CCCC3)c1. The van der Waals surface area contributed by atoms with Crippen LogP contribution in [0.5, 0.6) is 0 Å². The molecule has 2 N–H and O–H groups in total. The molecule has 1 amide bonds. The van der Waals surface area contributed by atoms with E-state index in [-0.39, 0.29) is 11.5 Å². The summed E-state index contributed by atoms with van der Waals surface area (Å²) in [5, 5.41) is 10.1. The van der Waals surface area contributed by atoms with Crippen LogP contribution < -0.4 is 10.9 Å². The second kappa shape index (κ2) is 8.91. The summed E-state index contributed by atoms with van der Waals surface area (Å²) < 4.78 is 0. The summed E-state index contributed by atoms with van der Waals surface area (Å²) in [5.41, 5.74) is 4.60. The lowest BCUT2D eigenvalue weighted by Gasteiger charge is -2.32. The molecule has 1 aromatic carbocycles. The number of fused-ring (bicyclic) bond motifs is 1. The fraction of sp³-hybridized carbons (Fsp3) is 0.522. The number of likely N-dealkylation sites (N-methyl/N-ethyl adjacent to an activating group) is 1. The smallest absolute Gasteiger partial charge is 0.267 e. The highest BCUT2D eigenvalue weighted by molar-refractivity contribution is 5.94. The third-order valence-electron chi connectivity index (χ3n) is 6.36. The maximum atomic E-state index is 12.7. The van der Waals surface area contributed by atoms with Gasteiger partial charge in [-0.05, 0) is 75.4 Å². The van der Waals surface area contributed by atoms with Gasteiger partial charge in [0.1, 0.15) is 0 Å². The Balaban J connectivity index is 1.45. The molecule has 2 aliphatic rings. The number of amides is 1. The van der Waals surface area contributed by atoms with Crippen LogP contribution in [0.15, 0.2) is 29.1 Å². The second-order valence-corrected chi connectivity index (χ2v) is 8.38. The van der Waals surface area contributed by atoms with Crippen LogP contribution in [0.1, 0.15) is 64.8 Å². The summed E-state index contributed by atoms with van der Waals surface area (Å²) in [4.78, 5) is 27.1.